The van der Waals surface area contributed by atoms with Gasteiger partial charge in [-0.05, 0) is 56.1 Å². The van der Waals surface area contributed by atoms with E-state index in [0.717, 1.165) is 35.4 Å². The van der Waals surface area contributed by atoms with Crippen LogP contribution >= 0.6 is 22.9 Å². The first-order chi connectivity index (χ1) is 7.98. The Morgan fingerprint density at radius 2 is 2.06 bits per heavy atom. The zero-order valence-corrected chi connectivity index (χ0v) is 12.3. The molecular formula is C14H22ClNS. The molecule has 0 saturated heterocycles. The van der Waals surface area contributed by atoms with Crippen molar-refractivity contribution in [3.8, 4) is 0 Å². The fourth-order valence-electron chi connectivity index (χ4n) is 2.85. The Hall–Kier alpha value is -0.0500. The topological polar surface area (TPSA) is 26.0 Å². The molecule has 96 valence electrons. The van der Waals surface area contributed by atoms with Crippen molar-refractivity contribution in [2.45, 2.75) is 51.5 Å². The van der Waals surface area contributed by atoms with Crippen LogP contribution < -0.4 is 5.73 Å². The van der Waals surface area contributed by atoms with Gasteiger partial charge in [0.05, 0.1) is 4.34 Å². The SMILES string of the molecule is CC(C)C1CCC(N)(Cc2ccc(Cl)s2)CC1. The molecule has 0 bridgehead atoms. The molecule has 17 heavy (non-hydrogen) atoms. The van der Waals surface area contributed by atoms with Crippen LogP contribution in [-0.4, -0.2) is 5.54 Å². The third-order valence-electron chi connectivity index (χ3n) is 4.12. The van der Waals surface area contributed by atoms with Crippen LogP contribution in [-0.2, 0) is 6.42 Å². The molecule has 0 radical (unpaired) electrons. The zero-order valence-electron chi connectivity index (χ0n) is 10.7. The van der Waals surface area contributed by atoms with E-state index in [2.05, 4.69) is 19.9 Å². The fraction of sp³-hybridized carbons (Fsp3) is 0.714. The maximum Gasteiger partial charge on any atom is 0.0931 e. The largest absolute Gasteiger partial charge is 0.325 e. The molecule has 0 aromatic carbocycles. The molecule has 1 heterocycles. The number of rotatable bonds is 3. The second kappa shape index (κ2) is 5.29. The van der Waals surface area contributed by atoms with Crippen molar-refractivity contribution < 1.29 is 0 Å². The van der Waals surface area contributed by atoms with E-state index < -0.39 is 0 Å². The number of halogens is 1. The van der Waals surface area contributed by atoms with Gasteiger partial charge in [0.25, 0.3) is 0 Å². The van der Waals surface area contributed by atoms with Gasteiger partial charge < -0.3 is 5.73 Å². The monoisotopic (exact) mass is 271 g/mol. The van der Waals surface area contributed by atoms with Gasteiger partial charge in [-0.15, -0.1) is 11.3 Å². The molecule has 1 fully saturated rings. The Kier molecular flexibility index (Phi) is 4.17. The van der Waals surface area contributed by atoms with E-state index in [-0.39, 0.29) is 5.54 Å². The number of thiophene rings is 1. The lowest BCUT2D eigenvalue weighted by Gasteiger charge is -2.38. The summed E-state index contributed by atoms with van der Waals surface area (Å²) < 4.78 is 0.875. The van der Waals surface area contributed by atoms with Crippen molar-refractivity contribution in [1.29, 1.82) is 0 Å². The standard InChI is InChI=1S/C14H22ClNS/c1-10(2)11-5-7-14(16,8-6-11)9-12-3-4-13(15)17-12/h3-4,10-11H,5-9,16H2,1-2H3. The summed E-state index contributed by atoms with van der Waals surface area (Å²) >= 11 is 7.64. The number of hydrogen-bond acceptors (Lipinski definition) is 2. The third-order valence-corrected chi connectivity index (χ3v) is 5.36. The normalized spacial score (nSPS) is 29.8. The van der Waals surface area contributed by atoms with Crippen LogP contribution in [0.4, 0.5) is 0 Å². The van der Waals surface area contributed by atoms with E-state index in [1.165, 1.54) is 17.7 Å². The molecule has 1 aromatic heterocycles. The first-order valence-corrected chi connectivity index (χ1v) is 7.71. The molecule has 0 atom stereocenters. The van der Waals surface area contributed by atoms with E-state index in [0.29, 0.717) is 0 Å². The van der Waals surface area contributed by atoms with Gasteiger partial charge in [-0.1, -0.05) is 25.4 Å². The molecule has 0 unspecified atom stereocenters. The summed E-state index contributed by atoms with van der Waals surface area (Å²) in [6.45, 7) is 4.65. The lowest BCUT2D eigenvalue weighted by Crippen LogP contribution is -2.45. The van der Waals surface area contributed by atoms with Crippen LogP contribution in [0, 0.1) is 11.8 Å². The quantitative estimate of drug-likeness (QED) is 0.861. The van der Waals surface area contributed by atoms with Crippen LogP contribution in [0.2, 0.25) is 4.34 Å². The summed E-state index contributed by atoms with van der Waals surface area (Å²) in [6, 6.07) is 4.10. The van der Waals surface area contributed by atoms with Crippen molar-refractivity contribution in [2.75, 3.05) is 0 Å². The molecule has 1 saturated carbocycles. The zero-order chi connectivity index (χ0) is 12.5. The van der Waals surface area contributed by atoms with Crippen LogP contribution in [0.15, 0.2) is 12.1 Å². The Morgan fingerprint density at radius 3 is 2.53 bits per heavy atom. The summed E-state index contributed by atoms with van der Waals surface area (Å²) in [7, 11) is 0. The van der Waals surface area contributed by atoms with Crippen LogP contribution in [0.1, 0.15) is 44.4 Å². The minimum atomic E-state index is 0.0135. The minimum Gasteiger partial charge on any atom is -0.325 e. The molecule has 1 aliphatic carbocycles. The summed E-state index contributed by atoms with van der Waals surface area (Å²) in [5.74, 6) is 1.68. The second-order valence-electron chi connectivity index (χ2n) is 5.83. The number of nitrogens with two attached hydrogens (primary N) is 1. The Labute approximate surface area is 113 Å². The second-order valence-corrected chi connectivity index (χ2v) is 7.63. The molecule has 0 aliphatic heterocycles. The summed E-state index contributed by atoms with van der Waals surface area (Å²) in [6.07, 6.45) is 5.88. The lowest BCUT2D eigenvalue weighted by atomic mass is 9.72. The van der Waals surface area contributed by atoms with Crippen molar-refractivity contribution in [3.63, 3.8) is 0 Å². The van der Waals surface area contributed by atoms with Crippen LogP contribution in [0.3, 0.4) is 0 Å². The minimum absolute atomic E-state index is 0.0135. The van der Waals surface area contributed by atoms with Gasteiger partial charge in [-0.3, -0.25) is 0 Å². The van der Waals surface area contributed by atoms with Gasteiger partial charge in [-0.25, -0.2) is 0 Å². The predicted octanol–water partition coefficient (Wildman–Crippen LogP) is 4.49. The van der Waals surface area contributed by atoms with E-state index in [9.17, 15) is 0 Å². The predicted molar refractivity (Wildman–Crippen MR) is 76.7 cm³/mol. The van der Waals surface area contributed by atoms with Gasteiger partial charge in [0.2, 0.25) is 0 Å². The molecule has 0 amide bonds. The highest BCUT2D eigenvalue weighted by molar-refractivity contribution is 7.16. The molecule has 3 heteroatoms. The highest BCUT2D eigenvalue weighted by Gasteiger charge is 2.33. The third kappa shape index (κ3) is 3.46. The molecule has 0 spiro atoms. The van der Waals surface area contributed by atoms with Crippen LogP contribution in [0.5, 0.6) is 0 Å². The van der Waals surface area contributed by atoms with E-state index in [1.807, 2.05) is 6.07 Å². The summed E-state index contributed by atoms with van der Waals surface area (Å²) in [5, 5.41) is 0. The first kappa shape index (κ1) is 13.4. The molecular weight excluding hydrogens is 250 g/mol. The average molecular weight is 272 g/mol. The van der Waals surface area contributed by atoms with Crippen molar-refractivity contribution in [1.82, 2.24) is 0 Å². The highest BCUT2D eigenvalue weighted by Crippen LogP contribution is 2.37. The summed E-state index contributed by atoms with van der Waals surface area (Å²) in [4.78, 5) is 1.33. The maximum absolute atomic E-state index is 6.53. The number of hydrogen-bond donors (Lipinski definition) is 1. The Bertz CT molecular complexity index is 364. The van der Waals surface area contributed by atoms with Gasteiger partial charge in [0.1, 0.15) is 0 Å². The van der Waals surface area contributed by atoms with E-state index in [1.54, 1.807) is 11.3 Å². The highest BCUT2D eigenvalue weighted by atomic mass is 35.5. The molecule has 1 aliphatic rings. The fourth-order valence-corrected chi connectivity index (χ4v) is 4.09. The lowest BCUT2D eigenvalue weighted by molar-refractivity contribution is 0.195. The van der Waals surface area contributed by atoms with Gasteiger partial charge >= 0.3 is 0 Å². The molecule has 1 nitrogen and oxygen atoms in total. The van der Waals surface area contributed by atoms with Gasteiger partial charge in [0.15, 0.2) is 0 Å². The summed E-state index contributed by atoms with van der Waals surface area (Å²) in [5.41, 5.74) is 6.54. The maximum atomic E-state index is 6.53. The molecule has 1 aromatic rings. The Balaban J connectivity index is 1.93. The first-order valence-electron chi connectivity index (χ1n) is 6.52. The van der Waals surface area contributed by atoms with Crippen LogP contribution in [0.25, 0.3) is 0 Å². The van der Waals surface area contributed by atoms with Crippen molar-refractivity contribution >= 4 is 22.9 Å². The van der Waals surface area contributed by atoms with Crippen molar-refractivity contribution in [3.05, 3.63) is 21.3 Å². The molecule has 2 N–H and O–H groups in total. The van der Waals surface area contributed by atoms with Gasteiger partial charge in [-0.2, -0.15) is 0 Å². The van der Waals surface area contributed by atoms with Gasteiger partial charge in [0, 0.05) is 10.4 Å². The van der Waals surface area contributed by atoms with E-state index >= 15 is 0 Å². The smallest absolute Gasteiger partial charge is 0.0931 e. The average Bonchev–Trinajstić information content (AvgIpc) is 2.63. The molecule has 2 rings (SSSR count). The van der Waals surface area contributed by atoms with E-state index in [4.69, 9.17) is 17.3 Å². The van der Waals surface area contributed by atoms with Crippen molar-refractivity contribution in [2.24, 2.45) is 17.6 Å². The Morgan fingerprint density at radius 1 is 1.41 bits per heavy atom.